The van der Waals surface area contributed by atoms with Crippen LogP contribution in [0.15, 0.2) is 43.0 Å². The van der Waals surface area contributed by atoms with Crippen LogP contribution in [0.5, 0.6) is 0 Å². The highest BCUT2D eigenvalue weighted by Gasteiger charge is 2.32. The number of benzene rings is 1. The molecule has 1 aromatic carbocycles. The van der Waals surface area contributed by atoms with E-state index in [1.54, 1.807) is 6.08 Å². The van der Waals surface area contributed by atoms with Gasteiger partial charge >= 0.3 is 0 Å². The first-order valence-electron chi connectivity index (χ1n) is 5.30. The van der Waals surface area contributed by atoms with Crippen LogP contribution < -0.4 is 0 Å². The Morgan fingerprint density at radius 2 is 2.20 bits per heavy atom. The zero-order valence-corrected chi connectivity index (χ0v) is 8.82. The SMILES string of the molecule is C=CC1(OCc2ccccc2)CCCO1. The average Bonchev–Trinajstić information content (AvgIpc) is 2.77. The molecule has 1 atom stereocenters. The predicted octanol–water partition coefficient (Wildman–Crippen LogP) is 2.90. The molecule has 1 saturated heterocycles. The van der Waals surface area contributed by atoms with Gasteiger partial charge in [0, 0.05) is 6.42 Å². The monoisotopic (exact) mass is 204 g/mol. The largest absolute Gasteiger partial charge is 0.346 e. The van der Waals surface area contributed by atoms with Gasteiger partial charge in [-0.1, -0.05) is 36.9 Å². The van der Waals surface area contributed by atoms with Crippen molar-refractivity contribution in [2.24, 2.45) is 0 Å². The van der Waals surface area contributed by atoms with Crippen LogP contribution >= 0.6 is 0 Å². The molecular weight excluding hydrogens is 188 g/mol. The van der Waals surface area contributed by atoms with E-state index < -0.39 is 5.79 Å². The predicted molar refractivity (Wildman–Crippen MR) is 59.3 cm³/mol. The first kappa shape index (κ1) is 10.4. The van der Waals surface area contributed by atoms with Crippen molar-refractivity contribution in [3.8, 4) is 0 Å². The number of hydrogen-bond donors (Lipinski definition) is 0. The fraction of sp³-hybridized carbons (Fsp3) is 0.385. The van der Waals surface area contributed by atoms with Crippen molar-refractivity contribution >= 4 is 0 Å². The lowest BCUT2D eigenvalue weighted by Crippen LogP contribution is -2.28. The Bertz CT molecular complexity index is 313. The third-order valence-electron chi connectivity index (χ3n) is 2.65. The zero-order chi connectivity index (χ0) is 10.6. The molecule has 1 aliphatic heterocycles. The van der Waals surface area contributed by atoms with Gasteiger partial charge in [-0.2, -0.15) is 0 Å². The zero-order valence-electron chi connectivity index (χ0n) is 8.82. The molecule has 0 amide bonds. The Morgan fingerprint density at radius 3 is 2.80 bits per heavy atom. The summed E-state index contributed by atoms with van der Waals surface area (Å²) in [4.78, 5) is 0. The van der Waals surface area contributed by atoms with Crippen molar-refractivity contribution in [2.45, 2.75) is 25.2 Å². The van der Waals surface area contributed by atoms with Crippen molar-refractivity contribution in [3.05, 3.63) is 48.6 Å². The summed E-state index contributed by atoms with van der Waals surface area (Å²) in [5.41, 5.74) is 1.16. The van der Waals surface area contributed by atoms with Crippen LogP contribution in [-0.4, -0.2) is 12.4 Å². The molecule has 0 aliphatic carbocycles. The molecule has 2 rings (SSSR count). The Hall–Kier alpha value is -1.12. The standard InChI is InChI=1S/C13H16O2/c1-2-13(9-6-10-14-13)15-11-12-7-4-3-5-8-12/h2-5,7-8H,1,6,9-11H2. The van der Waals surface area contributed by atoms with Gasteiger partial charge in [-0.3, -0.25) is 0 Å². The van der Waals surface area contributed by atoms with Gasteiger partial charge in [-0.05, 0) is 18.1 Å². The van der Waals surface area contributed by atoms with Gasteiger partial charge in [0.2, 0.25) is 0 Å². The van der Waals surface area contributed by atoms with Gasteiger partial charge in [-0.15, -0.1) is 0 Å². The molecule has 80 valence electrons. The Balaban J connectivity index is 1.94. The second-order valence-corrected chi connectivity index (χ2v) is 3.74. The average molecular weight is 204 g/mol. The van der Waals surface area contributed by atoms with Crippen LogP contribution in [0.4, 0.5) is 0 Å². The number of ether oxygens (including phenoxy) is 2. The third-order valence-corrected chi connectivity index (χ3v) is 2.65. The van der Waals surface area contributed by atoms with E-state index in [-0.39, 0.29) is 0 Å². The molecule has 1 unspecified atom stereocenters. The second kappa shape index (κ2) is 4.60. The Labute approximate surface area is 90.5 Å². The summed E-state index contributed by atoms with van der Waals surface area (Å²) in [5, 5.41) is 0. The summed E-state index contributed by atoms with van der Waals surface area (Å²) in [6, 6.07) is 10.1. The highest BCUT2D eigenvalue weighted by Crippen LogP contribution is 2.28. The van der Waals surface area contributed by atoms with Gasteiger partial charge in [0.25, 0.3) is 0 Å². The van der Waals surface area contributed by atoms with Gasteiger partial charge < -0.3 is 9.47 Å². The first-order chi connectivity index (χ1) is 7.35. The normalized spacial score (nSPS) is 25.3. The minimum Gasteiger partial charge on any atom is -0.346 e. The van der Waals surface area contributed by atoms with E-state index in [1.807, 2.05) is 30.3 Å². The van der Waals surface area contributed by atoms with E-state index in [0.29, 0.717) is 6.61 Å². The van der Waals surface area contributed by atoms with E-state index in [1.165, 1.54) is 0 Å². The van der Waals surface area contributed by atoms with Crippen molar-refractivity contribution in [1.82, 2.24) is 0 Å². The lowest BCUT2D eigenvalue weighted by molar-refractivity contribution is -0.182. The molecule has 1 aliphatic rings. The third kappa shape index (κ3) is 2.46. The topological polar surface area (TPSA) is 18.5 Å². The minimum atomic E-state index is -0.546. The molecule has 0 radical (unpaired) electrons. The Morgan fingerprint density at radius 1 is 1.40 bits per heavy atom. The van der Waals surface area contributed by atoms with Gasteiger partial charge in [0.05, 0.1) is 13.2 Å². The summed E-state index contributed by atoms with van der Waals surface area (Å²) >= 11 is 0. The van der Waals surface area contributed by atoms with Crippen LogP contribution in [0.25, 0.3) is 0 Å². The molecule has 1 aromatic rings. The van der Waals surface area contributed by atoms with E-state index >= 15 is 0 Å². The molecule has 0 aromatic heterocycles. The van der Waals surface area contributed by atoms with Gasteiger partial charge in [0.15, 0.2) is 5.79 Å². The van der Waals surface area contributed by atoms with E-state index in [4.69, 9.17) is 9.47 Å². The summed E-state index contributed by atoms with van der Waals surface area (Å²) < 4.78 is 11.4. The maximum absolute atomic E-state index is 5.79. The number of hydrogen-bond acceptors (Lipinski definition) is 2. The van der Waals surface area contributed by atoms with Crippen molar-refractivity contribution in [3.63, 3.8) is 0 Å². The molecule has 0 spiro atoms. The summed E-state index contributed by atoms with van der Waals surface area (Å²) in [6.07, 6.45) is 3.72. The van der Waals surface area contributed by atoms with E-state index in [9.17, 15) is 0 Å². The van der Waals surface area contributed by atoms with E-state index in [0.717, 1.165) is 25.0 Å². The van der Waals surface area contributed by atoms with Crippen LogP contribution in [0.2, 0.25) is 0 Å². The lowest BCUT2D eigenvalue weighted by atomic mass is 10.2. The maximum Gasteiger partial charge on any atom is 0.187 e. The van der Waals surface area contributed by atoms with Crippen LogP contribution in [0.1, 0.15) is 18.4 Å². The highest BCUT2D eigenvalue weighted by atomic mass is 16.7. The fourth-order valence-electron chi connectivity index (χ4n) is 1.75. The highest BCUT2D eigenvalue weighted by molar-refractivity contribution is 5.13. The molecule has 1 fully saturated rings. The van der Waals surface area contributed by atoms with Gasteiger partial charge in [0.1, 0.15) is 0 Å². The molecule has 0 N–H and O–H groups in total. The van der Waals surface area contributed by atoms with Crippen LogP contribution in [0, 0.1) is 0 Å². The second-order valence-electron chi connectivity index (χ2n) is 3.74. The van der Waals surface area contributed by atoms with E-state index in [2.05, 4.69) is 6.58 Å². The van der Waals surface area contributed by atoms with Crippen molar-refractivity contribution in [2.75, 3.05) is 6.61 Å². The molecule has 15 heavy (non-hydrogen) atoms. The fourth-order valence-corrected chi connectivity index (χ4v) is 1.75. The van der Waals surface area contributed by atoms with Crippen LogP contribution in [0.3, 0.4) is 0 Å². The van der Waals surface area contributed by atoms with Gasteiger partial charge in [-0.25, -0.2) is 0 Å². The minimum absolute atomic E-state index is 0.546. The summed E-state index contributed by atoms with van der Waals surface area (Å²) in [7, 11) is 0. The maximum atomic E-state index is 5.79. The molecule has 2 heteroatoms. The molecule has 1 heterocycles. The molecular formula is C13H16O2. The summed E-state index contributed by atoms with van der Waals surface area (Å²) in [6.45, 7) is 5.12. The smallest absolute Gasteiger partial charge is 0.187 e. The summed E-state index contributed by atoms with van der Waals surface area (Å²) in [5.74, 6) is -0.546. The number of rotatable bonds is 4. The lowest BCUT2D eigenvalue weighted by Gasteiger charge is -2.24. The molecule has 0 bridgehead atoms. The molecule has 0 saturated carbocycles. The van der Waals surface area contributed by atoms with Crippen molar-refractivity contribution < 1.29 is 9.47 Å². The van der Waals surface area contributed by atoms with Crippen molar-refractivity contribution in [1.29, 1.82) is 0 Å². The Kier molecular flexibility index (Phi) is 3.19. The first-order valence-corrected chi connectivity index (χ1v) is 5.30. The quantitative estimate of drug-likeness (QED) is 0.702. The van der Waals surface area contributed by atoms with Crippen LogP contribution in [-0.2, 0) is 16.1 Å². The molecule has 2 nitrogen and oxygen atoms in total.